The van der Waals surface area contributed by atoms with Gasteiger partial charge in [-0.15, -0.1) is 0 Å². The van der Waals surface area contributed by atoms with Crippen molar-refractivity contribution in [3.8, 4) is 0 Å². The number of alkyl halides is 2. The maximum atomic E-state index is 11.6. The van der Waals surface area contributed by atoms with E-state index in [1.54, 1.807) is 0 Å². The monoisotopic (exact) mass is 367 g/mol. The van der Waals surface area contributed by atoms with Gasteiger partial charge >= 0.3 is 8.25 Å². The summed E-state index contributed by atoms with van der Waals surface area (Å²) in [5, 5.41) is 13.2. The molecule has 0 aliphatic carbocycles. The minimum absolute atomic E-state index is 0.0664. The lowest BCUT2D eigenvalue weighted by Crippen LogP contribution is -2.46. The highest BCUT2D eigenvalue weighted by Gasteiger charge is 2.34. The van der Waals surface area contributed by atoms with Gasteiger partial charge in [-0.3, -0.25) is 24.0 Å². The summed E-state index contributed by atoms with van der Waals surface area (Å²) < 4.78 is 21.5. The van der Waals surface area contributed by atoms with Crippen LogP contribution in [0.4, 0.5) is 5.69 Å². The SMILES string of the molecule is O=C(NC1CO[P](=O)OC1c1ccc([N+](=O)[O-])cc1)C(Cl)Cl. The highest BCUT2D eigenvalue weighted by molar-refractivity contribution is 7.33. The average molecular weight is 368 g/mol. The summed E-state index contributed by atoms with van der Waals surface area (Å²) in [4.78, 5) is 20.4. The fourth-order valence-electron chi connectivity index (χ4n) is 1.87. The zero-order valence-corrected chi connectivity index (χ0v) is 13.3. The lowest BCUT2D eigenvalue weighted by Gasteiger charge is -2.30. The Labute approximate surface area is 135 Å². The second kappa shape index (κ2) is 7.30. The first-order valence-electron chi connectivity index (χ1n) is 5.98. The molecule has 3 unspecified atom stereocenters. The molecule has 0 spiro atoms. The number of carbonyl (C=O) groups excluding carboxylic acids is 1. The van der Waals surface area contributed by atoms with Crippen molar-refractivity contribution in [1.29, 1.82) is 0 Å². The molecule has 1 radical (unpaired) electrons. The van der Waals surface area contributed by atoms with Crippen LogP contribution in [0.1, 0.15) is 11.7 Å². The maximum absolute atomic E-state index is 11.6. The quantitative estimate of drug-likeness (QED) is 0.379. The van der Waals surface area contributed by atoms with Crippen LogP contribution < -0.4 is 5.32 Å². The number of amides is 1. The molecule has 1 aromatic carbocycles. The summed E-state index contributed by atoms with van der Waals surface area (Å²) in [6.07, 6.45) is -0.797. The van der Waals surface area contributed by atoms with Gasteiger partial charge in [-0.25, -0.2) is 4.57 Å². The van der Waals surface area contributed by atoms with Crippen LogP contribution >= 0.6 is 31.5 Å². The number of halogens is 2. The van der Waals surface area contributed by atoms with Crippen molar-refractivity contribution in [1.82, 2.24) is 5.32 Å². The number of benzene rings is 1. The molecule has 2 rings (SSSR count). The van der Waals surface area contributed by atoms with Crippen molar-refractivity contribution in [2.75, 3.05) is 6.61 Å². The molecule has 22 heavy (non-hydrogen) atoms. The summed E-state index contributed by atoms with van der Waals surface area (Å²) in [6.45, 7) is -0.0664. The van der Waals surface area contributed by atoms with Crippen molar-refractivity contribution >= 4 is 43.1 Å². The standard InChI is InChI=1S/C11H10Cl2N2O6P/c12-10(13)11(16)14-8-5-20-22(19)21-9(8)6-1-3-7(4-2-6)15(17)18/h1-4,8-10H,5H2,(H,14,16). The number of nitrogens with zero attached hydrogens (tertiary/aromatic N) is 1. The maximum Gasteiger partial charge on any atom is 0.369 e. The van der Waals surface area contributed by atoms with Gasteiger partial charge in [0.15, 0.2) is 4.84 Å². The van der Waals surface area contributed by atoms with E-state index in [-0.39, 0.29) is 12.3 Å². The second-order valence-corrected chi connectivity index (χ2v) is 6.32. The molecule has 11 heteroatoms. The van der Waals surface area contributed by atoms with Gasteiger partial charge in [0.25, 0.3) is 11.6 Å². The summed E-state index contributed by atoms with van der Waals surface area (Å²) in [7, 11) is -2.34. The molecule has 1 fully saturated rings. The zero-order valence-electron chi connectivity index (χ0n) is 10.8. The minimum atomic E-state index is -2.34. The molecule has 1 aliphatic heterocycles. The topological polar surface area (TPSA) is 108 Å². The molecule has 1 aromatic rings. The van der Waals surface area contributed by atoms with Crippen molar-refractivity contribution in [2.24, 2.45) is 0 Å². The van der Waals surface area contributed by atoms with Crippen LogP contribution in [0.5, 0.6) is 0 Å². The third kappa shape index (κ3) is 4.12. The predicted octanol–water partition coefficient (Wildman–Crippen LogP) is 2.63. The largest absolute Gasteiger partial charge is 0.369 e. The van der Waals surface area contributed by atoms with E-state index in [1.807, 2.05) is 0 Å². The van der Waals surface area contributed by atoms with E-state index in [1.165, 1.54) is 24.3 Å². The Balaban J connectivity index is 2.20. The van der Waals surface area contributed by atoms with Crippen LogP contribution in [0.25, 0.3) is 0 Å². The van der Waals surface area contributed by atoms with Gasteiger partial charge in [-0.05, 0) is 17.7 Å². The highest BCUT2D eigenvalue weighted by Crippen LogP contribution is 2.40. The van der Waals surface area contributed by atoms with E-state index in [2.05, 4.69) is 5.32 Å². The van der Waals surface area contributed by atoms with Crippen LogP contribution in [-0.2, 0) is 18.4 Å². The Hall–Kier alpha value is -1.31. The average Bonchev–Trinajstić information content (AvgIpc) is 2.49. The first kappa shape index (κ1) is 17.1. The smallest absolute Gasteiger partial charge is 0.346 e. The van der Waals surface area contributed by atoms with E-state index in [0.717, 1.165) is 0 Å². The molecule has 1 N–H and O–H groups in total. The molecule has 119 valence electrons. The number of rotatable bonds is 4. The molecule has 1 heterocycles. The van der Waals surface area contributed by atoms with E-state index in [0.29, 0.717) is 5.56 Å². The van der Waals surface area contributed by atoms with Crippen LogP contribution in [0, 0.1) is 10.1 Å². The molecular weight excluding hydrogens is 358 g/mol. The van der Waals surface area contributed by atoms with Gasteiger partial charge < -0.3 is 5.32 Å². The van der Waals surface area contributed by atoms with Gasteiger partial charge in [0.05, 0.1) is 17.6 Å². The molecule has 8 nitrogen and oxygen atoms in total. The molecule has 0 aromatic heterocycles. The van der Waals surface area contributed by atoms with Crippen molar-refractivity contribution in [3.05, 3.63) is 39.9 Å². The Morgan fingerprint density at radius 1 is 1.41 bits per heavy atom. The predicted molar refractivity (Wildman–Crippen MR) is 77.9 cm³/mol. The van der Waals surface area contributed by atoms with Gasteiger partial charge in [0, 0.05) is 12.1 Å². The Morgan fingerprint density at radius 2 is 2.05 bits per heavy atom. The fourth-order valence-corrected chi connectivity index (χ4v) is 2.79. The number of nitrogens with one attached hydrogen (secondary N) is 1. The molecular formula is C11H10Cl2N2O6P. The first-order chi connectivity index (χ1) is 10.4. The van der Waals surface area contributed by atoms with E-state index >= 15 is 0 Å². The number of nitro benzene ring substituents is 1. The molecule has 1 aliphatic rings. The number of non-ortho nitro benzene ring substituents is 1. The van der Waals surface area contributed by atoms with Gasteiger partial charge in [-0.2, -0.15) is 0 Å². The Bertz CT molecular complexity index is 597. The lowest BCUT2D eigenvalue weighted by atomic mass is 10.0. The van der Waals surface area contributed by atoms with Crippen LogP contribution in [0.3, 0.4) is 0 Å². The second-order valence-electron chi connectivity index (χ2n) is 4.31. The Morgan fingerprint density at radius 3 is 2.59 bits per heavy atom. The number of hydrogen-bond acceptors (Lipinski definition) is 6. The van der Waals surface area contributed by atoms with Gasteiger partial charge in [-0.1, -0.05) is 23.2 Å². The molecule has 1 saturated heterocycles. The summed E-state index contributed by atoms with van der Waals surface area (Å²) in [5.41, 5.74) is 0.408. The minimum Gasteiger partial charge on any atom is -0.346 e. The van der Waals surface area contributed by atoms with E-state index in [9.17, 15) is 19.5 Å². The highest BCUT2D eigenvalue weighted by atomic mass is 35.5. The van der Waals surface area contributed by atoms with Crippen molar-refractivity contribution in [2.45, 2.75) is 17.0 Å². The van der Waals surface area contributed by atoms with Crippen molar-refractivity contribution in [3.63, 3.8) is 0 Å². The number of nitro groups is 1. The molecule has 1 amide bonds. The van der Waals surface area contributed by atoms with E-state index in [4.69, 9.17) is 32.2 Å². The lowest BCUT2D eigenvalue weighted by molar-refractivity contribution is -0.384. The molecule has 0 bridgehead atoms. The van der Waals surface area contributed by atoms with Gasteiger partial charge in [0.1, 0.15) is 6.10 Å². The van der Waals surface area contributed by atoms with Crippen LogP contribution in [0.15, 0.2) is 24.3 Å². The summed E-state index contributed by atoms with van der Waals surface area (Å²) >= 11 is 10.9. The van der Waals surface area contributed by atoms with Crippen LogP contribution in [-0.4, -0.2) is 28.3 Å². The third-order valence-corrected chi connectivity index (χ3v) is 4.04. The molecule has 3 atom stereocenters. The Kier molecular flexibility index (Phi) is 5.66. The molecule has 0 saturated carbocycles. The number of hydrogen-bond donors (Lipinski definition) is 1. The number of carbonyl (C=O) groups is 1. The van der Waals surface area contributed by atoms with Gasteiger partial charge in [0.2, 0.25) is 0 Å². The van der Waals surface area contributed by atoms with Crippen molar-refractivity contribution < 1.29 is 23.3 Å². The summed E-state index contributed by atoms with van der Waals surface area (Å²) in [5.74, 6) is -0.649. The third-order valence-electron chi connectivity index (χ3n) is 2.88. The summed E-state index contributed by atoms with van der Waals surface area (Å²) in [6, 6.07) is 4.80. The fraction of sp³-hybridized carbons (Fsp3) is 0.364. The zero-order chi connectivity index (χ0) is 16.3. The van der Waals surface area contributed by atoms with E-state index < -0.39 is 36.1 Å². The van der Waals surface area contributed by atoms with Crippen LogP contribution in [0.2, 0.25) is 0 Å². The first-order valence-corrected chi connectivity index (χ1v) is 7.95. The normalized spacial score (nSPS) is 23.3.